The molecule has 1 saturated heterocycles. The molecule has 1 aliphatic rings. The van der Waals surface area contributed by atoms with Gasteiger partial charge < -0.3 is 14.2 Å². The summed E-state index contributed by atoms with van der Waals surface area (Å²) in [7, 11) is 3.29. The van der Waals surface area contributed by atoms with E-state index in [2.05, 4.69) is 15.7 Å². The Balaban J connectivity index is 1.52. The van der Waals surface area contributed by atoms with Gasteiger partial charge in [-0.25, -0.2) is 4.79 Å². The van der Waals surface area contributed by atoms with Crippen molar-refractivity contribution in [3.8, 4) is 17.2 Å². The van der Waals surface area contributed by atoms with E-state index in [0.717, 1.165) is 10.9 Å². The zero-order valence-corrected chi connectivity index (χ0v) is 16.9. The van der Waals surface area contributed by atoms with E-state index in [1.165, 1.54) is 7.11 Å². The minimum absolute atomic E-state index is 0.0716. The van der Waals surface area contributed by atoms with Crippen molar-refractivity contribution < 1.29 is 28.6 Å². The standard InChI is InChI=1S/C21H20N4O6/c1-25-12-13-11-16(7-8-17(13)24-25)30-14-3-5-15(6-4-14)31-21(9-10-29-2)18(26)22-20(28)23-19(21)27/h3-8,11-12H,9-10H2,1-2H3,(H2,22,23,26,27,28). The zero-order valence-electron chi connectivity index (χ0n) is 16.9. The normalized spacial score (nSPS) is 15.5. The van der Waals surface area contributed by atoms with Crippen molar-refractivity contribution in [3.63, 3.8) is 0 Å². The van der Waals surface area contributed by atoms with Crippen molar-refractivity contribution in [1.29, 1.82) is 0 Å². The Bertz CT molecular complexity index is 1130. The molecule has 10 heteroatoms. The highest BCUT2D eigenvalue weighted by molar-refractivity contribution is 6.21. The third-order valence-electron chi connectivity index (χ3n) is 4.79. The van der Waals surface area contributed by atoms with Crippen molar-refractivity contribution >= 4 is 28.7 Å². The number of methoxy groups -OCH3 is 1. The Hall–Kier alpha value is -3.92. The van der Waals surface area contributed by atoms with Gasteiger partial charge in [-0.15, -0.1) is 0 Å². The first-order chi connectivity index (χ1) is 14.9. The van der Waals surface area contributed by atoms with E-state index >= 15 is 0 Å². The number of aromatic nitrogens is 2. The number of ether oxygens (including phenoxy) is 3. The number of barbiturate groups is 1. The molecule has 0 unspecified atom stereocenters. The Morgan fingerprint density at radius 2 is 1.61 bits per heavy atom. The molecule has 0 radical (unpaired) electrons. The molecule has 1 fully saturated rings. The van der Waals surface area contributed by atoms with Gasteiger partial charge in [0.2, 0.25) is 0 Å². The molecule has 0 aliphatic carbocycles. The average molecular weight is 424 g/mol. The van der Waals surface area contributed by atoms with E-state index in [4.69, 9.17) is 14.2 Å². The molecular formula is C21H20N4O6. The van der Waals surface area contributed by atoms with Crippen LogP contribution in [0.2, 0.25) is 0 Å². The number of fused-ring (bicyclic) bond motifs is 1. The number of aryl methyl sites for hydroxylation is 1. The predicted molar refractivity (Wildman–Crippen MR) is 109 cm³/mol. The first-order valence-electron chi connectivity index (χ1n) is 9.46. The van der Waals surface area contributed by atoms with Crippen molar-refractivity contribution in [3.05, 3.63) is 48.7 Å². The van der Waals surface area contributed by atoms with Crippen molar-refractivity contribution in [2.24, 2.45) is 7.05 Å². The second-order valence-electron chi connectivity index (χ2n) is 7.01. The van der Waals surface area contributed by atoms with E-state index in [-0.39, 0.29) is 18.8 Å². The van der Waals surface area contributed by atoms with Crippen LogP contribution in [0.15, 0.2) is 48.7 Å². The van der Waals surface area contributed by atoms with E-state index in [1.807, 2.05) is 31.4 Å². The summed E-state index contributed by atoms with van der Waals surface area (Å²) in [6, 6.07) is 11.1. The fourth-order valence-electron chi connectivity index (χ4n) is 3.26. The number of imide groups is 2. The molecular weight excluding hydrogens is 404 g/mol. The van der Waals surface area contributed by atoms with Crippen LogP contribution in [0.3, 0.4) is 0 Å². The van der Waals surface area contributed by atoms with Gasteiger partial charge in [-0.2, -0.15) is 5.10 Å². The van der Waals surface area contributed by atoms with Gasteiger partial charge in [-0.3, -0.25) is 24.9 Å². The summed E-state index contributed by atoms with van der Waals surface area (Å²) in [4.78, 5) is 36.3. The van der Waals surface area contributed by atoms with Gasteiger partial charge in [0, 0.05) is 32.2 Å². The third kappa shape index (κ3) is 4.05. The van der Waals surface area contributed by atoms with E-state index in [9.17, 15) is 14.4 Å². The molecule has 0 saturated carbocycles. The quantitative estimate of drug-likeness (QED) is 0.556. The van der Waals surface area contributed by atoms with Gasteiger partial charge in [0.05, 0.1) is 12.1 Å². The van der Waals surface area contributed by atoms with Crippen LogP contribution in [-0.2, 0) is 21.4 Å². The Kier molecular flexibility index (Phi) is 5.30. The Morgan fingerprint density at radius 1 is 0.968 bits per heavy atom. The summed E-state index contributed by atoms with van der Waals surface area (Å²) in [5.74, 6) is -0.262. The maximum Gasteiger partial charge on any atom is 0.328 e. The number of amides is 4. The Morgan fingerprint density at radius 3 is 2.29 bits per heavy atom. The van der Waals surface area contributed by atoms with Gasteiger partial charge in [0.15, 0.2) is 0 Å². The largest absolute Gasteiger partial charge is 0.467 e. The molecule has 1 aliphatic heterocycles. The summed E-state index contributed by atoms with van der Waals surface area (Å²) in [5.41, 5.74) is -1.06. The predicted octanol–water partition coefficient (Wildman–Crippen LogP) is 1.89. The van der Waals surface area contributed by atoms with Gasteiger partial charge in [-0.1, -0.05) is 0 Å². The molecule has 160 valence electrons. The topological polar surface area (TPSA) is 121 Å². The number of carbonyl (C=O) groups excluding carboxylic acids is 3. The summed E-state index contributed by atoms with van der Waals surface area (Å²) >= 11 is 0. The lowest BCUT2D eigenvalue weighted by atomic mass is 9.95. The average Bonchev–Trinajstić information content (AvgIpc) is 3.10. The maximum atomic E-state index is 12.5. The second kappa shape index (κ2) is 8.07. The van der Waals surface area contributed by atoms with Crippen LogP contribution in [0.4, 0.5) is 4.79 Å². The molecule has 2 aromatic carbocycles. The molecule has 0 bridgehead atoms. The van der Waals surface area contributed by atoms with Crippen LogP contribution in [0.25, 0.3) is 10.9 Å². The minimum atomic E-state index is -1.92. The highest BCUT2D eigenvalue weighted by Crippen LogP contribution is 2.29. The summed E-state index contributed by atoms with van der Waals surface area (Å²) in [5, 5.41) is 9.41. The molecule has 2 N–H and O–H groups in total. The minimum Gasteiger partial charge on any atom is -0.467 e. The molecule has 0 spiro atoms. The van der Waals surface area contributed by atoms with Crippen LogP contribution in [0.5, 0.6) is 17.2 Å². The highest BCUT2D eigenvalue weighted by atomic mass is 16.5. The molecule has 3 aromatic rings. The van der Waals surface area contributed by atoms with Gasteiger partial charge in [0.25, 0.3) is 17.4 Å². The second-order valence-corrected chi connectivity index (χ2v) is 7.01. The van der Waals surface area contributed by atoms with Crippen molar-refractivity contribution in [1.82, 2.24) is 20.4 Å². The van der Waals surface area contributed by atoms with Crippen LogP contribution < -0.4 is 20.1 Å². The molecule has 2 heterocycles. The molecule has 1 aromatic heterocycles. The fourth-order valence-corrected chi connectivity index (χ4v) is 3.26. The van der Waals surface area contributed by atoms with Gasteiger partial charge >= 0.3 is 6.03 Å². The monoisotopic (exact) mass is 424 g/mol. The molecule has 31 heavy (non-hydrogen) atoms. The number of carbonyl (C=O) groups is 3. The van der Waals surface area contributed by atoms with E-state index < -0.39 is 23.4 Å². The van der Waals surface area contributed by atoms with Crippen molar-refractivity contribution in [2.75, 3.05) is 13.7 Å². The number of rotatable bonds is 7. The number of urea groups is 1. The fraction of sp³-hybridized carbons (Fsp3) is 0.238. The van der Waals surface area contributed by atoms with Crippen LogP contribution in [-0.4, -0.2) is 46.9 Å². The molecule has 4 rings (SSSR count). The molecule has 10 nitrogen and oxygen atoms in total. The first-order valence-corrected chi connectivity index (χ1v) is 9.46. The lowest BCUT2D eigenvalue weighted by Gasteiger charge is -2.34. The van der Waals surface area contributed by atoms with E-state index in [1.54, 1.807) is 28.9 Å². The molecule has 4 amide bonds. The maximum absolute atomic E-state index is 12.5. The number of benzene rings is 2. The van der Waals surface area contributed by atoms with Crippen molar-refractivity contribution in [2.45, 2.75) is 12.0 Å². The summed E-state index contributed by atoms with van der Waals surface area (Å²) < 4.78 is 18.4. The van der Waals surface area contributed by atoms with Crippen LogP contribution in [0.1, 0.15) is 6.42 Å². The Labute approximate surface area is 177 Å². The lowest BCUT2D eigenvalue weighted by Crippen LogP contribution is -2.69. The lowest BCUT2D eigenvalue weighted by molar-refractivity contribution is -0.153. The van der Waals surface area contributed by atoms with Gasteiger partial charge in [-0.05, 0) is 42.5 Å². The number of nitrogens with one attached hydrogen (secondary N) is 2. The number of hydrogen-bond acceptors (Lipinski definition) is 7. The number of nitrogens with zero attached hydrogens (tertiary/aromatic N) is 2. The molecule has 0 atom stereocenters. The number of hydrogen-bond donors (Lipinski definition) is 2. The smallest absolute Gasteiger partial charge is 0.328 e. The SMILES string of the molecule is COCCC1(Oc2ccc(Oc3ccc4nn(C)cc4c3)cc2)C(=O)NC(=O)NC1=O. The zero-order chi connectivity index (χ0) is 22.0. The van der Waals surface area contributed by atoms with Crippen LogP contribution >= 0.6 is 0 Å². The van der Waals surface area contributed by atoms with Crippen LogP contribution in [0, 0.1) is 0 Å². The van der Waals surface area contributed by atoms with E-state index in [0.29, 0.717) is 11.5 Å². The van der Waals surface area contributed by atoms with Gasteiger partial charge in [0.1, 0.15) is 17.2 Å². The summed E-state index contributed by atoms with van der Waals surface area (Å²) in [6.07, 6.45) is 1.82. The third-order valence-corrected chi connectivity index (χ3v) is 4.79. The first kappa shape index (κ1) is 20.4. The summed E-state index contributed by atoms with van der Waals surface area (Å²) in [6.45, 7) is 0.0764. The highest BCUT2D eigenvalue weighted by Gasteiger charge is 2.52.